The van der Waals surface area contributed by atoms with Crippen molar-refractivity contribution in [3.8, 4) is 0 Å². The smallest absolute Gasteiger partial charge is 0.202 e. The third kappa shape index (κ3) is 3.00. The molecule has 0 aliphatic heterocycles. The van der Waals surface area contributed by atoms with Crippen LogP contribution in [-0.2, 0) is 6.54 Å². The number of nitrogens with zero attached hydrogens (tertiary/aromatic N) is 2. The van der Waals surface area contributed by atoms with Crippen LogP contribution in [0.25, 0.3) is 0 Å². The van der Waals surface area contributed by atoms with E-state index in [0.29, 0.717) is 0 Å². The fraction of sp³-hybridized carbons (Fsp3) is 0.769. The normalized spacial score (nSPS) is 16.8. The van der Waals surface area contributed by atoms with E-state index in [2.05, 4.69) is 28.0 Å². The molecule has 2 rings (SSSR count). The lowest BCUT2D eigenvalue weighted by molar-refractivity contribution is 0.459. The first kappa shape index (κ1) is 11.5. The van der Waals surface area contributed by atoms with Crippen LogP contribution in [0.15, 0.2) is 12.4 Å². The van der Waals surface area contributed by atoms with E-state index in [0.717, 1.165) is 31.4 Å². The molecule has 0 aromatic carbocycles. The summed E-state index contributed by atoms with van der Waals surface area (Å²) in [7, 11) is 0. The summed E-state index contributed by atoms with van der Waals surface area (Å²) in [5.74, 6) is 2.00. The van der Waals surface area contributed by atoms with Gasteiger partial charge in [-0.2, -0.15) is 0 Å². The maximum Gasteiger partial charge on any atom is 0.202 e. The molecule has 1 aromatic rings. The summed E-state index contributed by atoms with van der Waals surface area (Å²) in [6, 6.07) is 0. The van der Waals surface area contributed by atoms with Gasteiger partial charge < -0.3 is 9.88 Å². The van der Waals surface area contributed by atoms with Crippen LogP contribution in [-0.4, -0.2) is 16.1 Å². The minimum Gasteiger partial charge on any atom is -0.356 e. The molecule has 1 aliphatic carbocycles. The molecule has 90 valence electrons. The van der Waals surface area contributed by atoms with Crippen molar-refractivity contribution in [2.75, 3.05) is 11.9 Å². The van der Waals surface area contributed by atoms with E-state index in [9.17, 15) is 0 Å². The van der Waals surface area contributed by atoms with E-state index in [-0.39, 0.29) is 0 Å². The minimum absolute atomic E-state index is 0.960. The van der Waals surface area contributed by atoms with Gasteiger partial charge in [0.15, 0.2) is 0 Å². The summed E-state index contributed by atoms with van der Waals surface area (Å²) >= 11 is 0. The molecule has 0 saturated heterocycles. The van der Waals surface area contributed by atoms with Gasteiger partial charge in [-0.15, -0.1) is 0 Å². The van der Waals surface area contributed by atoms with Gasteiger partial charge in [-0.25, -0.2) is 4.98 Å². The van der Waals surface area contributed by atoms with Crippen molar-refractivity contribution >= 4 is 5.95 Å². The standard InChI is InChI=1S/C13H23N3/c1-2-8-14-13-15-9-11-16(13)10-7-12-5-3-4-6-12/h9,11-12H,2-8,10H2,1H3,(H,14,15). The fourth-order valence-electron chi connectivity index (χ4n) is 2.51. The van der Waals surface area contributed by atoms with Crippen LogP contribution in [0, 0.1) is 5.92 Å². The lowest BCUT2D eigenvalue weighted by atomic mass is 10.0. The van der Waals surface area contributed by atoms with Gasteiger partial charge in [-0.1, -0.05) is 32.6 Å². The van der Waals surface area contributed by atoms with Crippen LogP contribution >= 0.6 is 0 Å². The highest BCUT2D eigenvalue weighted by Gasteiger charge is 2.15. The average molecular weight is 221 g/mol. The number of imidazole rings is 1. The molecule has 3 nitrogen and oxygen atoms in total. The minimum atomic E-state index is 0.960. The highest BCUT2D eigenvalue weighted by molar-refractivity contribution is 5.25. The van der Waals surface area contributed by atoms with Crippen molar-refractivity contribution in [3.63, 3.8) is 0 Å². The molecule has 1 aliphatic rings. The first-order chi connectivity index (χ1) is 7.90. The molecule has 0 amide bonds. The number of nitrogens with one attached hydrogen (secondary N) is 1. The molecular formula is C13H23N3. The van der Waals surface area contributed by atoms with Crippen molar-refractivity contribution in [2.45, 2.75) is 52.0 Å². The van der Waals surface area contributed by atoms with Crippen molar-refractivity contribution in [2.24, 2.45) is 5.92 Å². The Hall–Kier alpha value is -0.990. The maximum atomic E-state index is 4.35. The molecule has 1 aromatic heterocycles. The lowest BCUT2D eigenvalue weighted by Crippen LogP contribution is -2.09. The highest BCUT2D eigenvalue weighted by atomic mass is 15.2. The Morgan fingerprint density at radius 3 is 3.00 bits per heavy atom. The molecule has 1 saturated carbocycles. The monoisotopic (exact) mass is 221 g/mol. The van der Waals surface area contributed by atoms with Crippen LogP contribution in [0.1, 0.15) is 45.4 Å². The third-order valence-corrected chi connectivity index (χ3v) is 3.50. The summed E-state index contributed by atoms with van der Waals surface area (Å²) < 4.78 is 2.26. The van der Waals surface area contributed by atoms with E-state index in [1.807, 2.05) is 6.20 Å². The summed E-state index contributed by atoms with van der Waals surface area (Å²) in [4.78, 5) is 4.35. The topological polar surface area (TPSA) is 29.9 Å². The number of hydrogen-bond donors (Lipinski definition) is 1. The number of rotatable bonds is 6. The van der Waals surface area contributed by atoms with E-state index in [4.69, 9.17) is 0 Å². The van der Waals surface area contributed by atoms with Crippen LogP contribution in [0.4, 0.5) is 5.95 Å². The molecule has 1 N–H and O–H groups in total. The van der Waals surface area contributed by atoms with E-state index >= 15 is 0 Å². The predicted octanol–water partition coefficient (Wildman–Crippen LogP) is 3.29. The predicted molar refractivity (Wildman–Crippen MR) is 67.6 cm³/mol. The Morgan fingerprint density at radius 2 is 2.25 bits per heavy atom. The molecule has 3 heteroatoms. The van der Waals surface area contributed by atoms with Crippen molar-refractivity contribution < 1.29 is 0 Å². The van der Waals surface area contributed by atoms with E-state index < -0.39 is 0 Å². The van der Waals surface area contributed by atoms with Crippen molar-refractivity contribution in [1.29, 1.82) is 0 Å². The fourth-order valence-corrected chi connectivity index (χ4v) is 2.51. The summed E-state index contributed by atoms with van der Waals surface area (Å²) in [5.41, 5.74) is 0. The molecule has 0 atom stereocenters. The molecule has 16 heavy (non-hydrogen) atoms. The number of aryl methyl sites for hydroxylation is 1. The third-order valence-electron chi connectivity index (χ3n) is 3.50. The van der Waals surface area contributed by atoms with E-state index in [1.165, 1.54) is 32.1 Å². The lowest BCUT2D eigenvalue weighted by Gasteiger charge is -2.12. The molecule has 1 heterocycles. The Balaban J connectivity index is 1.80. The average Bonchev–Trinajstić information content (AvgIpc) is 2.94. The molecular weight excluding hydrogens is 198 g/mol. The number of aromatic nitrogens is 2. The Bertz CT molecular complexity index is 300. The second kappa shape index (κ2) is 5.92. The van der Waals surface area contributed by atoms with Crippen LogP contribution in [0.5, 0.6) is 0 Å². The van der Waals surface area contributed by atoms with Crippen LogP contribution < -0.4 is 5.32 Å². The number of anilines is 1. The molecule has 0 unspecified atom stereocenters. The van der Waals surface area contributed by atoms with Crippen molar-refractivity contribution in [1.82, 2.24) is 9.55 Å². The first-order valence-electron chi connectivity index (χ1n) is 6.65. The second-order valence-electron chi connectivity index (χ2n) is 4.81. The first-order valence-corrected chi connectivity index (χ1v) is 6.65. The zero-order valence-corrected chi connectivity index (χ0v) is 10.3. The van der Waals surface area contributed by atoms with E-state index in [1.54, 1.807) is 0 Å². The number of hydrogen-bond acceptors (Lipinski definition) is 2. The zero-order valence-electron chi connectivity index (χ0n) is 10.3. The van der Waals surface area contributed by atoms with Gasteiger partial charge in [0.25, 0.3) is 0 Å². The largest absolute Gasteiger partial charge is 0.356 e. The molecule has 0 spiro atoms. The molecule has 0 radical (unpaired) electrons. The molecule has 0 bridgehead atoms. The molecule has 1 fully saturated rings. The van der Waals surface area contributed by atoms with Gasteiger partial charge in [0.2, 0.25) is 5.95 Å². The summed E-state index contributed by atoms with van der Waals surface area (Å²) in [6.45, 7) is 4.32. The Kier molecular flexibility index (Phi) is 4.25. The van der Waals surface area contributed by atoms with Gasteiger partial charge >= 0.3 is 0 Å². The Labute approximate surface area is 98.3 Å². The Morgan fingerprint density at radius 1 is 1.44 bits per heavy atom. The van der Waals surface area contributed by atoms with Gasteiger partial charge in [0.1, 0.15) is 0 Å². The quantitative estimate of drug-likeness (QED) is 0.799. The van der Waals surface area contributed by atoms with Crippen LogP contribution in [0.2, 0.25) is 0 Å². The van der Waals surface area contributed by atoms with Gasteiger partial charge in [0.05, 0.1) is 0 Å². The van der Waals surface area contributed by atoms with Crippen molar-refractivity contribution in [3.05, 3.63) is 12.4 Å². The SMILES string of the molecule is CCCNc1nccn1CCC1CCCC1. The van der Waals surface area contributed by atoms with Gasteiger partial charge in [0, 0.05) is 25.5 Å². The highest BCUT2D eigenvalue weighted by Crippen LogP contribution is 2.28. The van der Waals surface area contributed by atoms with Gasteiger partial charge in [-0.3, -0.25) is 0 Å². The maximum absolute atomic E-state index is 4.35. The van der Waals surface area contributed by atoms with Gasteiger partial charge in [-0.05, 0) is 18.8 Å². The summed E-state index contributed by atoms with van der Waals surface area (Å²) in [6.07, 6.45) is 12.2. The summed E-state index contributed by atoms with van der Waals surface area (Å²) in [5, 5.41) is 3.37. The van der Waals surface area contributed by atoms with Crippen LogP contribution in [0.3, 0.4) is 0 Å². The second-order valence-corrected chi connectivity index (χ2v) is 4.81. The zero-order chi connectivity index (χ0) is 11.2.